The highest BCUT2D eigenvalue weighted by atomic mass is 16.3. The van der Waals surface area contributed by atoms with E-state index in [-0.39, 0.29) is 12.6 Å². The van der Waals surface area contributed by atoms with Crippen molar-refractivity contribution >= 4 is 5.82 Å². The SMILES string of the molecule is N#Cc1cccc(NC(CO)c2ccccc2)n1. The Morgan fingerprint density at radius 1 is 1.17 bits per heavy atom. The summed E-state index contributed by atoms with van der Waals surface area (Å²) in [7, 11) is 0. The highest BCUT2D eigenvalue weighted by Crippen LogP contribution is 2.17. The van der Waals surface area contributed by atoms with Gasteiger partial charge in [0, 0.05) is 0 Å². The van der Waals surface area contributed by atoms with Gasteiger partial charge in [-0.05, 0) is 17.7 Å². The van der Waals surface area contributed by atoms with Gasteiger partial charge in [-0.3, -0.25) is 0 Å². The van der Waals surface area contributed by atoms with Crippen molar-refractivity contribution in [3.05, 3.63) is 59.8 Å². The molecule has 0 aliphatic rings. The molecule has 2 aromatic rings. The molecule has 1 atom stereocenters. The molecule has 4 heteroatoms. The van der Waals surface area contributed by atoms with E-state index in [1.165, 1.54) is 0 Å². The lowest BCUT2D eigenvalue weighted by atomic mass is 10.1. The van der Waals surface area contributed by atoms with Crippen LogP contribution in [0.5, 0.6) is 0 Å². The zero-order chi connectivity index (χ0) is 12.8. The molecule has 1 heterocycles. The third-order valence-electron chi connectivity index (χ3n) is 2.57. The predicted octanol–water partition coefficient (Wildman–Crippen LogP) is 2.10. The molecular weight excluding hydrogens is 226 g/mol. The minimum atomic E-state index is -0.229. The van der Waals surface area contributed by atoms with Crippen molar-refractivity contribution in [1.29, 1.82) is 5.26 Å². The number of aromatic nitrogens is 1. The van der Waals surface area contributed by atoms with Crippen LogP contribution in [0.3, 0.4) is 0 Å². The monoisotopic (exact) mass is 239 g/mol. The van der Waals surface area contributed by atoms with Crippen molar-refractivity contribution in [2.75, 3.05) is 11.9 Å². The number of anilines is 1. The van der Waals surface area contributed by atoms with Crippen molar-refractivity contribution in [3.8, 4) is 6.07 Å². The van der Waals surface area contributed by atoms with E-state index < -0.39 is 0 Å². The van der Waals surface area contributed by atoms with Crippen molar-refractivity contribution in [2.24, 2.45) is 0 Å². The minimum Gasteiger partial charge on any atom is -0.394 e. The van der Waals surface area contributed by atoms with Crippen LogP contribution in [0.25, 0.3) is 0 Å². The van der Waals surface area contributed by atoms with Crippen molar-refractivity contribution in [2.45, 2.75) is 6.04 Å². The van der Waals surface area contributed by atoms with Crippen LogP contribution in [0, 0.1) is 11.3 Å². The Bertz CT molecular complexity index is 548. The van der Waals surface area contributed by atoms with Crippen LogP contribution >= 0.6 is 0 Å². The second kappa shape index (κ2) is 5.80. The van der Waals surface area contributed by atoms with Crippen molar-refractivity contribution in [3.63, 3.8) is 0 Å². The van der Waals surface area contributed by atoms with Gasteiger partial charge in [0.05, 0.1) is 12.6 Å². The molecule has 2 N–H and O–H groups in total. The van der Waals surface area contributed by atoms with Crippen LogP contribution in [-0.2, 0) is 0 Å². The van der Waals surface area contributed by atoms with Crippen LogP contribution in [0.2, 0.25) is 0 Å². The van der Waals surface area contributed by atoms with E-state index in [2.05, 4.69) is 10.3 Å². The second-order valence-corrected chi connectivity index (χ2v) is 3.81. The number of pyridine rings is 1. The molecule has 4 nitrogen and oxygen atoms in total. The Morgan fingerprint density at radius 2 is 1.94 bits per heavy atom. The number of nitrogens with zero attached hydrogens (tertiary/aromatic N) is 2. The van der Waals surface area contributed by atoms with Crippen LogP contribution in [0.1, 0.15) is 17.3 Å². The lowest BCUT2D eigenvalue weighted by Gasteiger charge is -2.17. The number of rotatable bonds is 4. The summed E-state index contributed by atoms with van der Waals surface area (Å²) in [5.74, 6) is 0.581. The maximum atomic E-state index is 9.41. The minimum absolute atomic E-state index is 0.0392. The van der Waals surface area contributed by atoms with Gasteiger partial charge in [0.1, 0.15) is 17.6 Å². The molecule has 2 rings (SSSR count). The standard InChI is InChI=1S/C14H13N3O/c15-9-12-7-4-8-14(16-12)17-13(10-18)11-5-2-1-3-6-11/h1-8,13,18H,10H2,(H,16,17). The summed E-state index contributed by atoms with van der Waals surface area (Å²) >= 11 is 0. The molecule has 0 aliphatic heterocycles. The molecule has 0 fully saturated rings. The molecular formula is C14H13N3O. The van der Waals surface area contributed by atoms with Crippen LogP contribution < -0.4 is 5.32 Å². The molecule has 0 radical (unpaired) electrons. The number of aliphatic hydroxyl groups excluding tert-OH is 1. The fourth-order valence-corrected chi connectivity index (χ4v) is 1.68. The molecule has 0 spiro atoms. The third-order valence-corrected chi connectivity index (χ3v) is 2.57. The van der Waals surface area contributed by atoms with Gasteiger partial charge in [-0.15, -0.1) is 0 Å². The number of nitriles is 1. The molecule has 1 aromatic heterocycles. The first-order valence-electron chi connectivity index (χ1n) is 5.63. The van der Waals surface area contributed by atoms with Crippen LogP contribution in [0.15, 0.2) is 48.5 Å². The van der Waals surface area contributed by atoms with E-state index in [1.807, 2.05) is 36.4 Å². The van der Waals surface area contributed by atoms with Crippen molar-refractivity contribution in [1.82, 2.24) is 4.98 Å². The lowest BCUT2D eigenvalue weighted by molar-refractivity contribution is 0.276. The number of nitrogens with one attached hydrogen (secondary N) is 1. The number of aliphatic hydroxyl groups is 1. The first-order valence-corrected chi connectivity index (χ1v) is 5.63. The predicted molar refractivity (Wildman–Crippen MR) is 68.8 cm³/mol. The van der Waals surface area contributed by atoms with Gasteiger partial charge in [-0.1, -0.05) is 36.4 Å². The Morgan fingerprint density at radius 3 is 2.61 bits per heavy atom. The van der Waals surface area contributed by atoms with E-state index in [4.69, 9.17) is 5.26 Å². The topological polar surface area (TPSA) is 68.9 Å². The zero-order valence-electron chi connectivity index (χ0n) is 9.74. The molecule has 0 aliphatic carbocycles. The van der Waals surface area contributed by atoms with Crippen LogP contribution in [0.4, 0.5) is 5.82 Å². The van der Waals surface area contributed by atoms with Gasteiger partial charge in [0.25, 0.3) is 0 Å². The fraction of sp³-hybridized carbons (Fsp3) is 0.143. The lowest BCUT2D eigenvalue weighted by Crippen LogP contribution is -2.15. The smallest absolute Gasteiger partial charge is 0.142 e. The quantitative estimate of drug-likeness (QED) is 0.857. The second-order valence-electron chi connectivity index (χ2n) is 3.81. The van der Waals surface area contributed by atoms with Gasteiger partial charge in [-0.2, -0.15) is 5.26 Å². The molecule has 0 saturated heterocycles. The number of benzene rings is 1. The van der Waals surface area contributed by atoms with Gasteiger partial charge in [0.2, 0.25) is 0 Å². The van der Waals surface area contributed by atoms with Crippen LogP contribution in [-0.4, -0.2) is 16.7 Å². The Balaban J connectivity index is 2.18. The molecule has 0 saturated carbocycles. The Labute approximate surface area is 106 Å². The Hall–Kier alpha value is -2.38. The van der Waals surface area contributed by atoms with E-state index in [9.17, 15) is 5.11 Å². The molecule has 18 heavy (non-hydrogen) atoms. The largest absolute Gasteiger partial charge is 0.394 e. The fourth-order valence-electron chi connectivity index (χ4n) is 1.68. The zero-order valence-corrected chi connectivity index (χ0v) is 9.74. The number of hydrogen-bond donors (Lipinski definition) is 2. The summed E-state index contributed by atoms with van der Waals surface area (Å²) < 4.78 is 0. The molecule has 0 bridgehead atoms. The first-order chi connectivity index (χ1) is 8.83. The van der Waals surface area contributed by atoms with Gasteiger partial charge in [0.15, 0.2) is 0 Å². The highest BCUT2D eigenvalue weighted by Gasteiger charge is 2.10. The summed E-state index contributed by atoms with van der Waals surface area (Å²) in [4.78, 5) is 4.12. The summed E-state index contributed by atoms with van der Waals surface area (Å²) in [6.45, 7) is -0.0392. The maximum absolute atomic E-state index is 9.41. The maximum Gasteiger partial charge on any atom is 0.142 e. The highest BCUT2D eigenvalue weighted by molar-refractivity contribution is 5.41. The number of hydrogen-bond acceptors (Lipinski definition) is 4. The van der Waals surface area contributed by atoms with Gasteiger partial charge >= 0.3 is 0 Å². The summed E-state index contributed by atoms with van der Waals surface area (Å²) in [5, 5.41) is 21.3. The normalized spacial score (nSPS) is 11.6. The summed E-state index contributed by atoms with van der Waals surface area (Å²) in [6.07, 6.45) is 0. The molecule has 1 aromatic carbocycles. The summed E-state index contributed by atoms with van der Waals surface area (Å²) in [5.41, 5.74) is 1.33. The molecule has 0 amide bonds. The molecule has 90 valence electrons. The average molecular weight is 239 g/mol. The Kier molecular flexibility index (Phi) is 3.90. The van der Waals surface area contributed by atoms with Gasteiger partial charge < -0.3 is 10.4 Å². The molecule has 1 unspecified atom stereocenters. The van der Waals surface area contributed by atoms with E-state index in [0.29, 0.717) is 11.5 Å². The van der Waals surface area contributed by atoms with Crippen molar-refractivity contribution < 1.29 is 5.11 Å². The third kappa shape index (κ3) is 2.84. The average Bonchev–Trinajstić information content (AvgIpc) is 2.46. The van der Waals surface area contributed by atoms with E-state index in [0.717, 1.165) is 5.56 Å². The van der Waals surface area contributed by atoms with E-state index >= 15 is 0 Å². The van der Waals surface area contributed by atoms with E-state index in [1.54, 1.807) is 18.2 Å². The summed E-state index contributed by atoms with van der Waals surface area (Å²) in [6, 6.07) is 16.5. The first kappa shape index (κ1) is 12.1. The van der Waals surface area contributed by atoms with Gasteiger partial charge in [-0.25, -0.2) is 4.98 Å².